The Bertz CT molecular complexity index is 293. The lowest BCUT2D eigenvalue weighted by molar-refractivity contribution is 0.413. The van der Waals surface area contributed by atoms with E-state index in [2.05, 4.69) is 25.1 Å². The van der Waals surface area contributed by atoms with E-state index >= 15 is 0 Å². The molecule has 0 spiro atoms. The maximum absolute atomic E-state index is 8.59. The maximum Gasteiger partial charge on any atom is 0.0991 e. The SMILES string of the molecule is CN(C)CCc1ccc(C#N)cc1. The molecule has 1 rings (SSSR count). The van der Waals surface area contributed by atoms with Crippen molar-refractivity contribution in [3.05, 3.63) is 35.4 Å². The van der Waals surface area contributed by atoms with Crippen molar-refractivity contribution in [1.29, 1.82) is 5.26 Å². The molecule has 0 aliphatic carbocycles. The molecule has 0 saturated carbocycles. The van der Waals surface area contributed by atoms with Crippen LogP contribution in [0.5, 0.6) is 0 Å². The Kier molecular flexibility index (Phi) is 3.48. The summed E-state index contributed by atoms with van der Waals surface area (Å²) in [6, 6.07) is 9.87. The summed E-state index contributed by atoms with van der Waals surface area (Å²) in [5.74, 6) is 0. The van der Waals surface area contributed by atoms with Crippen molar-refractivity contribution in [1.82, 2.24) is 4.90 Å². The smallest absolute Gasteiger partial charge is 0.0991 e. The van der Waals surface area contributed by atoms with Gasteiger partial charge in [0.15, 0.2) is 0 Å². The average molecular weight is 174 g/mol. The summed E-state index contributed by atoms with van der Waals surface area (Å²) in [4.78, 5) is 2.15. The Labute approximate surface area is 79.4 Å². The molecule has 0 aromatic heterocycles. The summed E-state index contributed by atoms with van der Waals surface area (Å²) in [7, 11) is 4.12. The molecule has 68 valence electrons. The first-order chi connectivity index (χ1) is 6.22. The second-order valence-electron chi connectivity index (χ2n) is 3.36. The minimum absolute atomic E-state index is 0.730. The van der Waals surface area contributed by atoms with E-state index in [-0.39, 0.29) is 0 Å². The molecule has 13 heavy (non-hydrogen) atoms. The third-order valence-electron chi connectivity index (χ3n) is 1.93. The molecule has 2 heteroatoms. The molecular formula is C11H14N2. The van der Waals surface area contributed by atoms with E-state index in [1.54, 1.807) is 0 Å². The first-order valence-corrected chi connectivity index (χ1v) is 4.36. The fraction of sp³-hybridized carbons (Fsp3) is 0.364. The van der Waals surface area contributed by atoms with Crippen LogP contribution < -0.4 is 0 Å². The van der Waals surface area contributed by atoms with Crippen LogP contribution in [0.1, 0.15) is 11.1 Å². The van der Waals surface area contributed by atoms with Gasteiger partial charge in [0.1, 0.15) is 0 Å². The third-order valence-corrected chi connectivity index (χ3v) is 1.93. The highest BCUT2D eigenvalue weighted by Crippen LogP contribution is 2.04. The largest absolute Gasteiger partial charge is 0.309 e. The summed E-state index contributed by atoms with van der Waals surface area (Å²) in [6.07, 6.45) is 1.04. The Morgan fingerprint density at radius 3 is 2.31 bits per heavy atom. The van der Waals surface area contributed by atoms with Crippen molar-refractivity contribution >= 4 is 0 Å². The summed E-state index contributed by atoms with van der Waals surface area (Å²) in [6.45, 7) is 1.05. The standard InChI is InChI=1S/C11H14N2/c1-13(2)8-7-10-3-5-11(9-12)6-4-10/h3-6H,7-8H2,1-2H3. The molecule has 0 saturated heterocycles. The van der Waals surface area contributed by atoms with Crippen LogP contribution in [0.4, 0.5) is 0 Å². The molecule has 0 aliphatic rings. The number of benzene rings is 1. The van der Waals surface area contributed by atoms with Crippen LogP contribution in [0, 0.1) is 11.3 Å². The molecule has 0 aliphatic heterocycles. The van der Waals surface area contributed by atoms with Gasteiger partial charge in [-0.15, -0.1) is 0 Å². The van der Waals surface area contributed by atoms with Gasteiger partial charge in [-0.3, -0.25) is 0 Å². The first kappa shape index (κ1) is 9.76. The van der Waals surface area contributed by atoms with Gasteiger partial charge in [0.05, 0.1) is 11.6 Å². The molecule has 0 heterocycles. The fourth-order valence-electron chi connectivity index (χ4n) is 1.10. The van der Waals surface area contributed by atoms with E-state index < -0.39 is 0 Å². The topological polar surface area (TPSA) is 27.0 Å². The molecule has 0 amide bonds. The van der Waals surface area contributed by atoms with Gasteiger partial charge in [-0.2, -0.15) is 5.26 Å². The van der Waals surface area contributed by atoms with Crippen molar-refractivity contribution in [3.63, 3.8) is 0 Å². The maximum atomic E-state index is 8.59. The number of rotatable bonds is 3. The van der Waals surface area contributed by atoms with E-state index in [1.165, 1.54) is 5.56 Å². The van der Waals surface area contributed by atoms with Crippen LogP contribution >= 0.6 is 0 Å². The van der Waals surface area contributed by atoms with E-state index in [0.717, 1.165) is 18.5 Å². The van der Waals surface area contributed by atoms with Crippen LogP contribution in [0.2, 0.25) is 0 Å². The first-order valence-electron chi connectivity index (χ1n) is 4.36. The van der Waals surface area contributed by atoms with Gasteiger partial charge in [0.25, 0.3) is 0 Å². The highest BCUT2D eigenvalue weighted by atomic mass is 15.0. The van der Waals surface area contributed by atoms with Crippen LogP contribution in [0.25, 0.3) is 0 Å². The molecule has 2 nitrogen and oxygen atoms in total. The van der Waals surface area contributed by atoms with E-state index in [4.69, 9.17) is 5.26 Å². The third kappa shape index (κ3) is 3.27. The zero-order valence-corrected chi connectivity index (χ0v) is 8.12. The highest BCUT2D eigenvalue weighted by Gasteiger charge is 1.94. The summed E-state index contributed by atoms with van der Waals surface area (Å²) in [5, 5.41) is 8.59. The van der Waals surface area contributed by atoms with Gasteiger partial charge in [-0.25, -0.2) is 0 Å². The lowest BCUT2D eigenvalue weighted by Gasteiger charge is -2.08. The van der Waals surface area contributed by atoms with Crippen LogP contribution in [0.3, 0.4) is 0 Å². The number of nitriles is 1. The van der Waals surface area contributed by atoms with Crippen LogP contribution in [-0.4, -0.2) is 25.5 Å². The molecular weight excluding hydrogens is 160 g/mol. The van der Waals surface area contributed by atoms with Crippen molar-refractivity contribution in [2.45, 2.75) is 6.42 Å². The van der Waals surface area contributed by atoms with Crippen molar-refractivity contribution < 1.29 is 0 Å². The number of hydrogen-bond donors (Lipinski definition) is 0. The summed E-state index contributed by atoms with van der Waals surface area (Å²) >= 11 is 0. The Morgan fingerprint density at radius 2 is 1.85 bits per heavy atom. The zero-order valence-electron chi connectivity index (χ0n) is 8.12. The average Bonchev–Trinajstić information content (AvgIpc) is 2.15. The van der Waals surface area contributed by atoms with E-state index in [9.17, 15) is 0 Å². The summed E-state index contributed by atoms with van der Waals surface area (Å²) < 4.78 is 0. The van der Waals surface area contributed by atoms with Gasteiger partial charge in [-0.1, -0.05) is 12.1 Å². The Balaban J connectivity index is 2.55. The lowest BCUT2D eigenvalue weighted by atomic mass is 10.1. The van der Waals surface area contributed by atoms with Gasteiger partial charge in [0, 0.05) is 6.54 Å². The van der Waals surface area contributed by atoms with Gasteiger partial charge in [0.2, 0.25) is 0 Å². The molecule has 0 unspecified atom stereocenters. The van der Waals surface area contributed by atoms with E-state index in [0.29, 0.717) is 0 Å². The van der Waals surface area contributed by atoms with Gasteiger partial charge >= 0.3 is 0 Å². The monoisotopic (exact) mass is 174 g/mol. The molecule has 1 aromatic carbocycles. The number of likely N-dealkylation sites (N-methyl/N-ethyl adjacent to an activating group) is 1. The molecule has 0 radical (unpaired) electrons. The molecule has 0 N–H and O–H groups in total. The van der Waals surface area contributed by atoms with Gasteiger partial charge < -0.3 is 4.90 Å². The summed E-state index contributed by atoms with van der Waals surface area (Å²) in [5.41, 5.74) is 2.02. The quantitative estimate of drug-likeness (QED) is 0.697. The van der Waals surface area contributed by atoms with E-state index in [1.807, 2.05) is 24.3 Å². The minimum Gasteiger partial charge on any atom is -0.309 e. The lowest BCUT2D eigenvalue weighted by Crippen LogP contribution is -2.14. The molecule has 0 atom stereocenters. The normalized spacial score (nSPS) is 10.0. The van der Waals surface area contributed by atoms with Crippen LogP contribution in [-0.2, 0) is 6.42 Å². The van der Waals surface area contributed by atoms with Crippen LogP contribution in [0.15, 0.2) is 24.3 Å². The number of hydrogen-bond acceptors (Lipinski definition) is 2. The van der Waals surface area contributed by atoms with Crippen molar-refractivity contribution in [3.8, 4) is 6.07 Å². The minimum atomic E-state index is 0.730. The highest BCUT2D eigenvalue weighted by molar-refractivity contribution is 5.31. The van der Waals surface area contributed by atoms with Crippen molar-refractivity contribution in [2.24, 2.45) is 0 Å². The molecule has 1 aromatic rings. The Hall–Kier alpha value is -1.33. The second kappa shape index (κ2) is 4.64. The zero-order chi connectivity index (χ0) is 9.68. The molecule has 0 bridgehead atoms. The second-order valence-corrected chi connectivity index (χ2v) is 3.36. The predicted octanol–water partition coefficient (Wildman–Crippen LogP) is 1.66. The van der Waals surface area contributed by atoms with Crippen molar-refractivity contribution in [2.75, 3.05) is 20.6 Å². The number of nitrogens with zero attached hydrogens (tertiary/aromatic N) is 2. The fourth-order valence-corrected chi connectivity index (χ4v) is 1.10. The molecule has 0 fully saturated rings. The van der Waals surface area contributed by atoms with Gasteiger partial charge in [-0.05, 0) is 38.2 Å². The Morgan fingerprint density at radius 1 is 1.23 bits per heavy atom. The predicted molar refractivity (Wildman–Crippen MR) is 53.4 cm³/mol.